The van der Waals surface area contributed by atoms with Gasteiger partial charge < -0.3 is 5.32 Å². The Balaban J connectivity index is 2.37. The highest BCUT2D eigenvalue weighted by Gasteiger charge is 2.39. The van der Waals surface area contributed by atoms with E-state index in [0.717, 1.165) is 5.75 Å². The quantitative estimate of drug-likeness (QED) is 0.619. The van der Waals surface area contributed by atoms with E-state index in [1.807, 2.05) is 11.8 Å². The van der Waals surface area contributed by atoms with Gasteiger partial charge in [0.1, 0.15) is 0 Å². The van der Waals surface area contributed by atoms with Crippen molar-refractivity contribution >= 4 is 17.7 Å². The number of thioether (sulfide) groups is 1. The first kappa shape index (κ1) is 7.92. The van der Waals surface area contributed by atoms with Crippen molar-refractivity contribution in [2.45, 2.75) is 31.6 Å². The Labute approximate surface area is 65.8 Å². The van der Waals surface area contributed by atoms with Crippen LogP contribution in [0.15, 0.2) is 0 Å². The monoisotopic (exact) mass is 159 g/mol. The molecule has 1 unspecified atom stereocenters. The van der Waals surface area contributed by atoms with Crippen molar-refractivity contribution in [1.29, 1.82) is 0 Å². The molecule has 1 atom stereocenters. The van der Waals surface area contributed by atoms with Crippen molar-refractivity contribution in [1.82, 2.24) is 5.32 Å². The fraction of sp³-hybridized carbons (Fsp3) is 0.857. The maximum atomic E-state index is 10.6. The first-order valence-corrected chi connectivity index (χ1v) is 4.42. The van der Waals surface area contributed by atoms with Crippen molar-refractivity contribution < 1.29 is 4.79 Å². The van der Waals surface area contributed by atoms with Gasteiger partial charge in [-0.25, -0.2) is 0 Å². The van der Waals surface area contributed by atoms with Gasteiger partial charge >= 0.3 is 0 Å². The minimum absolute atomic E-state index is 0.0818. The maximum Gasteiger partial charge on any atom is 0.217 e. The van der Waals surface area contributed by atoms with Gasteiger partial charge in [-0.05, 0) is 13.8 Å². The molecule has 2 nitrogen and oxygen atoms in total. The van der Waals surface area contributed by atoms with Crippen molar-refractivity contribution in [3.8, 4) is 0 Å². The Bertz CT molecular complexity index is 156. The summed E-state index contributed by atoms with van der Waals surface area (Å²) in [6, 6.07) is 0.384. The van der Waals surface area contributed by atoms with Gasteiger partial charge in [0, 0.05) is 17.4 Å². The van der Waals surface area contributed by atoms with Gasteiger partial charge in [0.05, 0.1) is 6.04 Å². The standard InChI is InChI=1S/C7H13NOS/c1-5(9)8-6-4-10-7(6,2)3/h6H,4H2,1-3H3,(H,8,9). The van der Waals surface area contributed by atoms with Gasteiger partial charge in [0.2, 0.25) is 5.91 Å². The number of hydrogen-bond donors (Lipinski definition) is 1. The second kappa shape index (κ2) is 2.46. The SMILES string of the molecule is CC(=O)NC1CSC1(C)C. The zero-order valence-corrected chi connectivity index (χ0v) is 7.42. The second-order valence-corrected chi connectivity index (χ2v) is 4.84. The number of carbonyl (C=O) groups excluding carboxylic acids is 1. The molecular weight excluding hydrogens is 146 g/mol. The molecule has 0 aliphatic carbocycles. The van der Waals surface area contributed by atoms with E-state index < -0.39 is 0 Å². The molecule has 1 rings (SSSR count). The maximum absolute atomic E-state index is 10.6. The number of nitrogens with one attached hydrogen (secondary N) is 1. The molecule has 1 fully saturated rings. The first-order valence-electron chi connectivity index (χ1n) is 3.43. The lowest BCUT2D eigenvalue weighted by Crippen LogP contribution is -2.55. The van der Waals surface area contributed by atoms with Crippen molar-refractivity contribution in [3.05, 3.63) is 0 Å². The van der Waals surface area contributed by atoms with Crippen LogP contribution in [-0.4, -0.2) is 22.4 Å². The third-order valence-electron chi connectivity index (χ3n) is 1.84. The van der Waals surface area contributed by atoms with E-state index in [1.165, 1.54) is 0 Å². The van der Waals surface area contributed by atoms with Crippen LogP contribution in [0.4, 0.5) is 0 Å². The third-order valence-corrected chi connectivity index (χ3v) is 3.37. The highest BCUT2D eigenvalue weighted by Crippen LogP contribution is 2.39. The Morgan fingerprint density at radius 1 is 1.70 bits per heavy atom. The van der Waals surface area contributed by atoms with Crippen LogP contribution < -0.4 is 5.32 Å². The molecule has 1 saturated heterocycles. The molecule has 10 heavy (non-hydrogen) atoms. The molecule has 1 heterocycles. The molecule has 0 bridgehead atoms. The second-order valence-electron chi connectivity index (χ2n) is 3.17. The fourth-order valence-electron chi connectivity index (χ4n) is 0.961. The average molecular weight is 159 g/mol. The zero-order valence-electron chi connectivity index (χ0n) is 6.60. The van der Waals surface area contributed by atoms with Gasteiger partial charge in [-0.3, -0.25) is 4.79 Å². The third kappa shape index (κ3) is 1.45. The predicted octanol–water partition coefficient (Wildman–Crippen LogP) is 1.02. The van der Waals surface area contributed by atoms with E-state index in [4.69, 9.17) is 0 Å². The first-order chi connectivity index (χ1) is 4.52. The van der Waals surface area contributed by atoms with Gasteiger partial charge in [-0.1, -0.05) is 0 Å². The van der Waals surface area contributed by atoms with E-state index in [-0.39, 0.29) is 10.7 Å². The van der Waals surface area contributed by atoms with Crippen LogP contribution in [0, 0.1) is 0 Å². The van der Waals surface area contributed by atoms with Crippen LogP contribution in [0.5, 0.6) is 0 Å². The normalized spacial score (nSPS) is 28.9. The summed E-state index contributed by atoms with van der Waals surface area (Å²) >= 11 is 1.90. The topological polar surface area (TPSA) is 29.1 Å². The number of rotatable bonds is 1. The molecule has 1 amide bonds. The summed E-state index contributed by atoms with van der Waals surface area (Å²) in [4.78, 5) is 10.6. The lowest BCUT2D eigenvalue weighted by Gasteiger charge is -2.43. The van der Waals surface area contributed by atoms with Crippen molar-refractivity contribution in [3.63, 3.8) is 0 Å². The summed E-state index contributed by atoms with van der Waals surface area (Å²) in [5.74, 6) is 1.14. The van der Waals surface area contributed by atoms with Gasteiger partial charge in [0.25, 0.3) is 0 Å². The summed E-state index contributed by atoms with van der Waals surface area (Å²) in [5, 5.41) is 2.91. The minimum atomic E-state index is 0.0818. The lowest BCUT2D eigenvalue weighted by molar-refractivity contribution is -0.119. The van der Waals surface area contributed by atoms with E-state index in [2.05, 4.69) is 19.2 Å². The molecule has 1 N–H and O–H groups in total. The molecule has 3 heteroatoms. The molecule has 58 valence electrons. The lowest BCUT2D eigenvalue weighted by atomic mass is 10.0. The van der Waals surface area contributed by atoms with E-state index >= 15 is 0 Å². The zero-order chi connectivity index (χ0) is 7.78. The van der Waals surface area contributed by atoms with Crippen LogP contribution in [-0.2, 0) is 4.79 Å². The highest BCUT2D eigenvalue weighted by molar-refractivity contribution is 8.02. The van der Waals surface area contributed by atoms with E-state index in [0.29, 0.717) is 6.04 Å². The molecule has 1 aliphatic rings. The van der Waals surface area contributed by atoms with Crippen LogP contribution >= 0.6 is 11.8 Å². The summed E-state index contributed by atoms with van der Waals surface area (Å²) < 4.78 is 0.256. The van der Waals surface area contributed by atoms with Gasteiger partial charge in [-0.2, -0.15) is 11.8 Å². The van der Waals surface area contributed by atoms with Gasteiger partial charge in [0.15, 0.2) is 0 Å². The van der Waals surface area contributed by atoms with Crippen molar-refractivity contribution in [2.75, 3.05) is 5.75 Å². The predicted molar refractivity (Wildman–Crippen MR) is 44.1 cm³/mol. The Morgan fingerprint density at radius 3 is 2.40 bits per heavy atom. The summed E-state index contributed by atoms with van der Waals surface area (Å²) in [6.45, 7) is 5.88. The molecule has 0 saturated carbocycles. The average Bonchev–Trinajstić information content (AvgIpc) is 1.81. The van der Waals surface area contributed by atoms with Crippen LogP contribution in [0.1, 0.15) is 20.8 Å². The van der Waals surface area contributed by atoms with Crippen LogP contribution in [0.3, 0.4) is 0 Å². The smallest absolute Gasteiger partial charge is 0.217 e. The molecular formula is C7H13NOS. The highest BCUT2D eigenvalue weighted by atomic mass is 32.2. The number of amides is 1. The fourth-order valence-corrected chi connectivity index (χ4v) is 2.10. The van der Waals surface area contributed by atoms with Crippen molar-refractivity contribution in [2.24, 2.45) is 0 Å². The Kier molecular flexibility index (Phi) is 1.95. The van der Waals surface area contributed by atoms with Gasteiger partial charge in [-0.15, -0.1) is 0 Å². The largest absolute Gasteiger partial charge is 0.351 e. The molecule has 0 aromatic rings. The summed E-state index contributed by atoms with van der Waals surface area (Å²) in [5.41, 5.74) is 0. The molecule has 0 radical (unpaired) electrons. The van der Waals surface area contributed by atoms with Crippen LogP contribution in [0.2, 0.25) is 0 Å². The number of carbonyl (C=O) groups is 1. The summed E-state index contributed by atoms with van der Waals surface area (Å²) in [6.07, 6.45) is 0. The Morgan fingerprint density at radius 2 is 2.30 bits per heavy atom. The molecule has 0 aromatic heterocycles. The van der Waals surface area contributed by atoms with Crippen LogP contribution in [0.25, 0.3) is 0 Å². The summed E-state index contributed by atoms with van der Waals surface area (Å²) in [7, 11) is 0. The minimum Gasteiger partial charge on any atom is -0.351 e. The Hall–Kier alpha value is -0.180. The van der Waals surface area contributed by atoms with E-state index in [1.54, 1.807) is 6.92 Å². The van der Waals surface area contributed by atoms with E-state index in [9.17, 15) is 4.79 Å². The molecule has 1 aliphatic heterocycles. The number of hydrogen-bond acceptors (Lipinski definition) is 2. The molecule has 0 aromatic carbocycles. The molecule has 0 spiro atoms.